The molecule has 0 aliphatic rings. The lowest BCUT2D eigenvalue weighted by Crippen LogP contribution is -2.06. The molecule has 0 spiro atoms. The molecule has 3 rings (SSSR count). The molecule has 3 radical (unpaired) electrons. The normalized spacial score (nSPS) is 9.16. The number of pyridine rings is 3. The standard InChI is InChI=1S/3C9H9NO2.Al/c3*1-7(11)6-9(12)8-4-2-3-5-10-8;/h3*2-5H,6H2,1H3;. The molecule has 37 heavy (non-hydrogen) atoms. The topological polar surface area (TPSA) is 141 Å². The van der Waals surface area contributed by atoms with Crippen LogP contribution in [0.2, 0.25) is 0 Å². The summed E-state index contributed by atoms with van der Waals surface area (Å²) in [5.74, 6) is -1.06. The van der Waals surface area contributed by atoms with Gasteiger partial charge < -0.3 is 0 Å². The second kappa shape index (κ2) is 18.3. The molecule has 0 N–H and O–H groups in total. The van der Waals surface area contributed by atoms with Gasteiger partial charge in [0.15, 0.2) is 17.3 Å². The SMILES string of the molecule is CC(=O)CC(=O)c1ccccn1.CC(=O)CC(=O)c1ccccn1.CC(=O)CC(=O)c1ccccn1.[Al]. The molecule has 3 aromatic rings. The van der Waals surface area contributed by atoms with E-state index in [0.717, 1.165) is 0 Å². The molecule has 3 heterocycles. The third kappa shape index (κ3) is 14.9. The van der Waals surface area contributed by atoms with Crippen molar-refractivity contribution in [3.63, 3.8) is 0 Å². The van der Waals surface area contributed by atoms with Gasteiger partial charge in [-0.25, -0.2) is 0 Å². The Morgan fingerprint density at radius 1 is 0.486 bits per heavy atom. The smallest absolute Gasteiger partial charge is 0.188 e. The Morgan fingerprint density at radius 2 is 0.730 bits per heavy atom. The Hall–Kier alpha value is -4.00. The molecule has 3 aromatic heterocycles. The highest BCUT2D eigenvalue weighted by Crippen LogP contribution is 2.00. The van der Waals surface area contributed by atoms with E-state index in [1.165, 1.54) is 39.4 Å². The zero-order valence-electron chi connectivity index (χ0n) is 20.9. The van der Waals surface area contributed by atoms with Gasteiger partial charge in [0.05, 0.1) is 19.3 Å². The average Bonchev–Trinajstić information content (AvgIpc) is 2.85. The molecule has 0 unspecified atom stereocenters. The molecule has 9 nitrogen and oxygen atoms in total. The fourth-order valence-electron chi connectivity index (χ4n) is 2.53. The van der Waals surface area contributed by atoms with Gasteiger partial charge in [-0.2, -0.15) is 0 Å². The number of ketones is 6. The van der Waals surface area contributed by atoms with Gasteiger partial charge in [0, 0.05) is 36.0 Å². The zero-order chi connectivity index (χ0) is 26.9. The van der Waals surface area contributed by atoms with E-state index >= 15 is 0 Å². The fourth-order valence-corrected chi connectivity index (χ4v) is 2.53. The Kier molecular flexibility index (Phi) is 16.3. The van der Waals surface area contributed by atoms with Crippen LogP contribution in [0.1, 0.15) is 71.5 Å². The van der Waals surface area contributed by atoms with Crippen molar-refractivity contribution in [1.29, 1.82) is 0 Å². The van der Waals surface area contributed by atoms with Crippen molar-refractivity contribution in [3.8, 4) is 0 Å². The van der Waals surface area contributed by atoms with E-state index in [-0.39, 0.29) is 71.3 Å². The fraction of sp³-hybridized carbons (Fsp3) is 0.222. The lowest BCUT2D eigenvalue weighted by Gasteiger charge is -1.94. The van der Waals surface area contributed by atoms with Gasteiger partial charge in [-0.05, 0) is 57.2 Å². The second-order valence-electron chi connectivity index (χ2n) is 7.55. The summed E-state index contributed by atoms with van der Waals surface area (Å²) in [5, 5.41) is 0. The van der Waals surface area contributed by atoms with Crippen LogP contribution in [0.5, 0.6) is 0 Å². The Bertz CT molecular complexity index is 1040. The molecule has 189 valence electrons. The highest BCUT2D eigenvalue weighted by molar-refractivity contribution is 6.07. The first-order chi connectivity index (χ1) is 17.1. The molecule has 10 heteroatoms. The van der Waals surface area contributed by atoms with E-state index in [1.54, 1.807) is 54.6 Å². The van der Waals surface area contributed by atoms with Crippen molar-refractivity contribution in [2.75, 3.05) is 0 Å². The number of Topliss-reactive ketones (excluding diaryl/α,β-unsaturated/α-hetero) is 6. The molecule has 0 aliphatic carbocycles. The molecule has 0 aromatic carbocycles. The molecule has 0 bridgehead atoms. The Morgan fingerprint density at radius 3 is 0.892 bits per heavy atom. The van der Waals surface area contributed by atoms with Crippen molar-refractivity contribution in [2.24, 2.45) is 0 Å². The largest absolute Gasteiger partial charge is 0.300 e. The maximum atomic E-state index is 11.2. The molecular formula is C27H27AlN3O6. The van der Waals surface area contributed by atoms with Crippen LogP contribution in [0.3, 0.4) is 0 Å². The zero-order valence-corrected chi connectivity index (χ0v) is 22.1. The maximum absolute atomic E-state index is 11.2. The highest BCUT2D eigenvalue weighted by Gasteiger charge is 2.09. The van der Waals surface area contributed by atoms with Crippen molar-refractivity contribution < 1.29 is 28.8 Å². The third-order valence-electron chi connectivity index (χ3n) is 4.08. The van der Waals surface area contributed by atoms with Gasteiger partial charge in [0.1, 0.15) is 34.4 Å². The van der Waals surface area contributed by atoms with Gasteiger partial charge in [0.2, 0.25) is 0 Å². The molecule has 0 aliphatic heterocycles. The summed E-state index contributed by atoms with van der Waals surface area (Å²) in [6, 6.07) is 15.2. The minimum absolute atomic E-state index is 0. The van der Waals surface area contributed by atoms with Crippen LogP contribution in [-0.4, -0.2) is 67.0 Å². The van der Waals surface area contributed by atoms with Gasteiger partial charge in [-0.1, -0.05) is 18.2 Å². The Balaban J connectivity index is 0.000000518. The van der Waals surface area contributed by atoms with E-state index in [4.69, 9.17) is 0 Å². The first-order valence-electron chi connectivity index (χ1n) is 10.9. The summed E-state index contributed by atoms with van der Waals surface area (Å²) in [6.45, 7) is 4.17. The van der Waals surface area contributed by atoms with E-state index in [9.17, 15) is 28.8 Å². The maximum Gasteiger partial charge on any atom is 0.188 e. The quantitative estimate of drug-likeness (QED) is 0.238. The van der Waals surface area contributed by atoms with E-state index < -0.39 is 0 Å². The third-order valence-corrected chi connectivity index (χ3v) is 4.08. The first kappa shape index (κ1) is 33.0. The number of aromatic nitrogens is 3. The summed E-state index contributed by atoms with van der Waals surface area (Å²) in [7, 11) is 0. The van der Waals surface area contributed by atoms with Crippen LogP contribution < -0.4 is 0 Å². The van der Waals surface area contributed by atoms with Gasteiger partial charge in [0.25, 0.3) is 0 Å². The molecule has 0 saturated carbocycles. The van der Waals surface area contributed by atoms with E-state index in [2.05, 4.69) is 15.0 Å². The van der Waals surface area contributed by atoms with Crippen LogP contribution in [0.4, 0.5) is 0 Å². The number of nitrogens with zero attached hydrogens (tertiary/aromatic N) is 3. The molecule has 0 saturated heterocycles. The number of hydrogen-bond acceptors (Lipinski definition) is 9. The van der Waals surface area contributed by atoms with Gasteiger partial charge >= 0.3 is 0 Å². The second-order valence-corrected chi connectivity index (χ2v) is 7.55. The lowest BCUT2D eigenvalue weighted by atomic mass is 10.1. The van der Waals surface area contributed by atoms with Crippen LogP contribution in [0.25, 0.3) is 0 Å². The summed E-state index contributed by atoms with van der Waals surface area (Å²) >= 11 is 0. The van der Waals surface area contributed by atoms with Crippen LogP contribution >= 0.6 is 0 Å². The predicted octanol–water partition coefficient (Wildman–Crippen LogP) is 3.35. The monoisotopic (exact) mass is 516 g/mol. The molecular weight excluding hydrogens is 489 g/mol. The van der Waals surface area contributed by atoms with Gasteiger partial charge in [-0.3, -0.25) is 43.7 Å². The first-order valence-corrected chi connectivity index (χ1v) is 10.9. The van der Waals surface area contributed by atoms with Crippen molar-refractivity contribution in [3.05, 3.63) is 90.3 Å². The summed E-state index contributed by atoms with van der Waals surface area (Å²) in [4.78, 5) is 76.7. The lowest BCUT2D eigenvalue weighted by molar-refractivity contribution is -0.117. The minimum atomic E-state index is -0.219. The predicted molar refractivity (Wildman–Crippen MR) is 137 cm³/mol. The minimum Gasteiger partial charge on any atom is -0.300 e. The molecule has 0 amide bonds. The number of carbonyl (C=O) groups is 6. The number of rotatable bonds is 9. The number of carbonyl (C=O) groups excluding carboxylic acids is 6. The Labute approximate surface area is 225 Å². The molecule has 0 atom stereocenters. The van der Waals surface area contributed by atoms with E-state index in [0.29, 0.717) is 17.1 Å². The number of hydrogen-bond donors (Lipinski definition) is 0. The van der Waals surface area contributed by atoms with Gasteiger partial charge in [-0.15, -0.1) is 0 Å². The van der Waals surface area contributed by atoms with Crippen molar-refractivity contribution in [1.82, 2.24) is 15.0 Å². The summed E-state index contributed by atoms with van der Waals surface area (Å²) in [5.41, 5.74) is 1.06. The van der Waals surface area contributed by atoms with Crippen LogP contribution in [0, 0.1) is 0 Å². The average molecular weight is 517 g/mol. The van der Waals surface area contributed by atoms with Crippen LogP contribution in [0.15, 0.2) is 73.2 Å². The van der Waals surface area contributed by atoms with Crippen LogP contribution in [-0.2, 0) is 14.4 Å². The van der Waals surface area contributed by atoms with Crippen molar-refractivity contribution in [2.45, 2.75) is 40.0 Å². The highest BCUT2D eigenvalue weighted by atomic mass is 27.0. The summed E-state index contributed by atoms with van der Waals surface area (Å²) < 4.78 is 0. The summed E-state index contributed by atoms with van der Waals surface area (Å²) in [6.07, 6.45) is 4.43. The van der Waals surface area contributed by atoms with Crippen molar-refractivity contribution >= 4 is 52.1 Å². The van der Waals surface area contributed by atoms with E-state index in [1.807, 2.05) is 0 Å². The molecule has 0 fully saturated rings.